The van der Waals surface area contributed by atoms with E-state index in [0.29, 0.717) is 0 Å². The number of fused-ring (bicyclic) bond motifs is 3. The van der Waals surface area contributed by atoms with Crippen LogP contribution in [-0.2, 0) is 6.54 Å². The van der Waals surface area contributed by atoms with Gasteiger partial charge < -0.3 is 0 Å². The van der Waals surface area contributed by atoms with Crippen LogP contribution in [0.4, 0.5) is 0 Å². The molecule has 1 aromatic heterocycles. The van der Waals surface area contributed by atoms with Gasteiger partial charge in [-0.1, -0.05) is 29.8 Å². The molecule has 0 amide bonds. The highest BCUT2D eigenvalue weighted by molar-refractivity contribution is 5.81. The van der Waals surface area contributed by atoms with Crippen LogP contribution in [0, 0.1) is 0 Å². The third-order valence-corrected chi connectivity index (χ3v) is 5.27. The van der Waals surface area contributed by atoms with Crippen LogP contribution in [0.15, 0.2) is 48.2 Å². The van der Waals surface area contributed by atoms with Gasteiger partial charge in [0, 0.05) is 30.2 Å². The molecule has 0 N–H and O–H groups in total. The van der Waals surface area contributed by atoms with Crippen LogP contribution in [0.3, 0.4) is 0 Å². The van der Waals surface area contributed by atoms with Crippen LogP contribution in [0.25, 0.3) is 10.9 Å². The lowest BCUT2D eigenvalue weighted by atomic mass is 9.95. The third-order valence-electron chi connectivity index (χ3n) is 5.27. The molecule has 0 spiro atoms. The van der Waals surface area contributed by atoms with Crippen LogP contribution in [0.2, 0.25) is 0 Å². The van der Waals surface area contributed by atoms with Crippen molar-refractivity contribution in [2.24, 2.45) is 0 Å². The number of hydrogen-bond donors (Lipinski definition) is 0. The third kappa shape index (κ3) is 2.28. The largest absolute Gasteiger partial charge is 0.293 e. The lowest BCUT2D eigenvalue weighted by molar-refractivity contribution is 0.158. The van der Waals surface area contributed by atoms with Crippen molar-refractivity contribution in [1.29, 1.82) is 0 Å². The first-order valence-electron chi connectivity index (χ1n) is 8.07. The second-order valence-corrected chi connectivity index (χ2v) is 6.40. The molecule has 0 saturated carbocycles. The smallest absolute Gasteiger partial charge is 0.0705 e. The molecule has 108 valence electrons. The van der Waals surface area contributed by atoms with Crippen molar-refractivity contribution in [2.45, 2.75) is 51.2 Å². The molecule has 2 bridgehead atoms. The standard InChI is InChI=1S/C19H22N2/c1-2-14-11-16-7-8-17(12-14)21(16)13-15-9-10-20-19-6-4-3-5-18(15)19/h2-6,9-10,16-17H,7-8,11-13H2,1H3. The summed E-state index contributed by atoms with van der Waals surface area (Å²) in [4.78, 5) is 7.23. The maximum atomic E-state index is 4.49. The van der Waals surface area contributed by atoms with E-state index < -0.39 is 0 Å². The van der Waals surface area contributed by atoms with Crippen molar-refractivity contribution in [2.75, 3.05) is 0 Å². The zero-order valence-corrected chi connectivity index (χ0v) is 12.6. The molecule has 2 fully saturated rings. The topological polar surface area (TPSA) is 16.1 Å². The predicted octanol–water partition coefficient (Wildman–Crippen LogP) is 4.31. The van der Waals surface area contributed by atoms with E-state index in [9.17, 15) is 0 Å². The fourth-order valence-corrected chi connectivity index (χ4v) is 4.13. The van der Waals surface area contributed by atoms with E-state index in [1.165, 1.54) is 36.6 Å². The molecule has 2 aliphatic rings. The Labute approximate surface area is 126 Å². The normalized spacial score (nSPS) is 25.5. The average Bonchev–Trinajstić information content (AvgIpc) is 2.77. The fraction of sp³-hybridized carbons (Fsp3) is 0.421. The van der Waals surface area contributed by atoms with Crippen molar-refractivity contribution >= 4 is 10.9 Å². The monoisotopic (exact) mass is 278 g/mol. The minimum absolute atomic E-state index is 0.752. The van der Waals surface area contributed by atoms with Gasteiger partial charge in [0.15, 0.2) is 0 Å². The molecule has 4 rings (SSSR count). The number of nitrogens with zero attached hydrogens (tertiary/aromatic N) is 2. The SMILES string of the molecule is CC=C1CC2CCC(C1)N2Cc1ccnc2ccccc12. The van der Waals surface area contributed by atoms with Crippen LogP contribution >= 0.6 is 0 Å². The number of piperidine rings is 1. The van der Waals surface area contributed by atoms with E-state index in [0.717, 1.165) is 24.1 Å². The molecule has 0 radical (unpaired) electrons. The van der Waals surface area contributed by atoms with Crippen LogP contribution in [0.5, 0.6) is 0 Å². The summed E-state index contributed by atoms with van der Waals surface area (Å²) in [6.07, 6.45) is 9.58. The lowest BCUT2D eigenvalue weighted by Crippen LogP contribution is -2.39. The highest BCUT2D eigenvalue weighted by atomic mass is 15.2. The number of pyridine rings is 1. The Morgan fingerprint density at radius 2 is 1.90 bits per heavy atom. The van der Waals surface area contributed by atoms with Gasteiger partial charge in [0.05, 0.1) is 5.52 Å². The summed E-state index contributed by atoms with van der Waals surface area (Å²) >= 11 is 0. The van der Waals surface area contributed by atoms with Crippen molar-refractivity contribution in [3.8, 4) is 0 Å². The molecule has 2 nitrogen and oxygen atoms in total. The molecular formula is C19H22N2. The zero-order valence-electron chi connectivity index (χ0n) is 12.6. The summed E-state index contributed by atoms with van der Waals surface area (Å²) in [6, 6.07) is 12.2. The van der Waals surface area contributed by atoms with E-state index in [2.05, 4.69) is 53.2 Å². The van der Waals surface area contributed by atoms with Crippen LogP contribution in [-0.4, -0.2) is 22.0 Å². The predicted molar refractivity (Wildman–Crippen MR) is 87.1 cm³/mol. The van der Waals surface area contributed by atoms with E-state index in [1.807, 2.05) is 6.20 Å². The Morgan fingerprint density at radius 3 is 2.67 bits per heavy atom. The first-order chi connectivity index (χ1) is 10.3. The molecular weight excluding hydrogens is 256 g/mol. The molecule has 2 heteroatoms. The summed E-state index contributed by atoms with van der Waals surface area (Å²) in [5.74, 6) is 0. The Kier molecular flexibility index (Phi) is 3.27. The zero-order chi connectivity index (χ0) is 14.2. The van der Waals surface area contributed by atoms with Gasteiger partial charge in [0.1, 0.15) is 0 Å². The molecule has 21 heavy (non-hydrogen) atoms. The quantitative estimate of drug-likeness (QED) is 0.761. The highest BCUT2D eigenvalue weighted by Gasteiger charge is 2.38. The van der Waals surface area contributed by atoms with Gasteiger partial charge in [0.25, 0.3) is 0 Å². The van der Waals surface area contributed by atoms with Gasteiger partial charge in [-0.15, -0.1) is 0 Å². The maximum absolute atomic E-state index is 4.49. The Morgan fingerprint density at radius 1 is 1.14 bits per heavy atom. The first-order valence-corrected chi connectivity index (χ1v) is 8.07. The molecule has 2 aromatic rings. The lowest BCUT2D eigenvalue weighted by Gasteiger charge is -2.36. The number of hydrogen-bond acceptors (Lipinski definition) is 2. The summed E-state index contributed by atoms with van der Waals surface area (Å²) in [6.45, 7) is 3.27. The number of benzene rings is 1. The van der Waals surface area contributed by atoms with Gasteiger partial charge in [-0.2, -0.15) is 0 Å². The Balaban J connectivity index is 1.64. The molecule has 2 unspecified atom stereocenters. The molecule has 2 atom stereocenters. The number of aromatic nitrogens is 1. The van der Waals surface area contributed by atoms with Crippen molar-refractivity contribution in [3.63, 3.8) is 0 Å². The van der Waals surface area contributed by atoms with Gasteiger partial charge >= 0.3 is 0 Å². The number of para-hydroxylation sites is 1. The Bertz CT molecular complexity index is 668. The average molecular weight is 278 g/mol. The molecule has 2 aliphatic heterocycles. The first kappa shape index (κ1) is 13.0. The maximum Gasteiger partial charge on any atom is 0.0705 e. The van der Waals surface area contributed by atoms with Gasteiger partial charge in [0.2, 0.25) is 0 Å². The van der Waals surface area contributed by atoms with Crippen LogP contribution < -0.4 is 0 Å². The summed E-state index contributed by atoms with van der Waals surface area (Å²) in [5.41, 5.74) is 4.22. The number of rotatable bonds is 2. The van der Waals surface area contributed by atoms with Crippen LogP contribution in [0.1, 0.15) is 38.2 Å². The second-order valence-electron chi connectivity index (χ2n) is 6.40. The second kappa shape index (κ2) is 5.27. The van der Waals surface area contributed by atoms with E-state index >= 15 is 0 Å². The molecule has 0 aliphatic carbocycles. The molecule has 1 aromatic carbocycles. The summed E-state index contributed by atoms with van der Waals surface area (Å²) in [5, 5.41) is 1.32. The summed E-state index contributed by atoms with van der Waals surface area (Å²) < 4.78 is 0. The van der Waals surface area contributed by atoms with Gasteiger partial charge in [-0.3, -0.25) is 9.88 Å². The number of allylic oxidation sites excluding steroid dienone is 1. The van der Waals surface area contributed by atoms with Crippen molar-refractivity contribution in [3.05, 3.63) is 53.7 Å². The fourth-order valence-electron chi connectivity index (χ4n) is 4.13. The van der Waals surface area contributed by atoms with Crippen molar-refractivity contribution in [1.82, 2.24) is 9.88 Å². The van der Waals surface area contributed by atoms with E-state index in [1.54, 1.807) is 5.57 Å². The van der Waals surface area contributed by atoms with Gasteiger partial charge in [-0.05, 0) is 50.3 Å². The molecule has 2 saturated heterocycles. The minimum atomic E-state index is 0.752. The van der Waals surface area contributed by atoms with Crippen molar-refractivity contribution < 1.29 is 0 Å². The van der Waals surface area contributed by atoms with E-state index in [4.69, 9.17) is 0 Å². The Hall–Kier alpha value is -1.67. The highest BCUT2D eigenvalue weighted by Crippen LogP contribution is 2.39. The molecule has 3 heterocycles. The van der Waals surface area contributed by atoms with E-state index in [-0.39, 0.29) is 0 Å². The van der Waals surface area contributed by atoms with Gasteiger partial charge in [-0.25, -0.2) is 0 Å². The summed E-state index contributed by atoms with van der Waals surface area (Å²) in [7, 11) is 0. The minimum Gasteiger partial charge on any atom is -0.293 e.